The summed E-state index contributed by atoms with van der Waals surface area (Å²) in [6, 6.07) is 14.5. The molecule has 3 rings (SSSR count). The average Bonchev–Trinajstić information content (AvgIpc) is 2.83. The van der Waals surface area contributed by atoms with Gasteiger partial charge in [0.15, 0.2) is 4.32 Å². The van der Waals surface area contributed by atoms with Crippen molar-refractivity contribution < 1.29 is 4.79 Å². The maximum Gasteiger partial charge on any atom is 0.286 e. The minimum atomic E-state index is -0.284. The number of hydrazone groups is 1. The zero-order valence-electron chi connectivity index (χ0n) is 12.1. The van der Waals surface area contributed by atoms with Gasteiger partial charge < -0.3 is 0 Å². The molecule has 1 saturated heterocycles. The van der Waals surface area contributed by atoms with Crippen LogP contribution >= 0.6 is 47.2 Å². The summed E-state index contributed by atoms with van der Waals surface area (Å²) < 4.78 is 0.363. The van der Waals surface area contributed by atoms with Crippen LogP contribution in [-0.2, 0) is 4.79 Å². The van der Waals surface area contributed by atoms with Crippen LogP contribution in [0, 0.1) is 0 Å². The molecule has 0 unspecified atom stereocenters. The Kier molecular flexibility index (Phi) is 5.36. The summed E-state index contributed by atoms with van der Waals surface area (Å²) in [7, 11) is 0. The molecule has 0 radical (unpaired) electrons. The quantitative estimate of drug-likeness (QED) is 0.407. The maximum absolute atomic E-state index is 12.5. The smallest absolute Gasteiger partial charge is 0.266 e. The predicted molar refractivity (Wildman–Crippen MR) is 106 cm³/mol. The van der Waals surface area contributed by atoms with E-state index in [-0.39, 0.29) is 5.91 Å². The van der Waals surface area contributed by atoms with Crippen molar-refractivity contribution in [1.82, 2.24) is 5.01 Å². The number of nitrogens with zero attached hydrogens (tertiary/aromatic N) is 2. The molecule has 1 amide bonds. The molecule has 24 heavy (non-hydrogen) atoms. The minimum absolute atomic E-state index is 0.284. The molecule has 1 aliphatic heterocycles. The van der Waals surface area contributed by atoms with E-state index in [2.05, 4.69) is 5.10 Å². The largest absolute Gasteiger partial charge is 0.286 e. The van der Waals surface area contributed by atoms with Crippen LogP contribution in [0.15, 0.2) is 58.5 Å². The number of thioether (sulfide) groups is 1. The lowest BCUT2D eigenvalue weighted by Crippen LogP contribution is -2.22. The van der Waals surface area contributed by atoms with Gasteiger partial charge in [-0.25, -0.2) is 0 Å². The van der Waals surface area contributed by atoms with E-state index in [1.54, 1.807) is 18.2 Å². The minimum Gasteiger partial charge on any atom is -0.266 e. The lowest BCUT2D eigenvalue weighted by molar-refractivity contribution is -0.122. The second kappa shape index (κ2) is 7.49. The highest BCUT2D eigenvalue weighted by atomic mass is 35.5. The number of hydrogen-bond donors (Lipinski definition) is 0. The molecule has 0 aromatic heterocycles. The van der Waals surface area contributed by atoms with E-state index < -0.39 is 0 Å². The van der Waals surface area contributed by atoms with E-state index >= 15 is 0 Å². The van der Waals surface area contributed by atoms with E-state index in [9.17, 15) is 4.79 Å². The zero-order valence-corrected chi connectivity index (χ0v) is 15.3. The first-order valence-corrected chi connectivity index (χ1v) is 8.85. The van der Waals surface area contributed by atoms with Gasteiger partial charge in [-0.05, 0) is 36.0 Å². The van der Waals surface area contributed by atoms with Crippen LogP contribution in [0.1, 0.15) is 11.1 Å². The van der Waals surface area contributed by atoms with Crippen LogP contribution in [0.4, 0.5) is 0 Å². The molecular formula is C17H10Cl2N2OS2. The first-order valence-electron chi connectivity index (χ1n) is 6.87. The van der Waals surface area contributed by atoms with Crippen molar-refractivity contribution in [2.45, 2.75) is 0 Å². The van der Waals surface area contributed by atoms with Crippen LogP contribution < -0.4 is 0 Å². The fraction of sp³-hybridized carbons (Fsp3) is 0. The summed E-state index contributed by atoms with van der Waals surface area (Å²) >= 11 is 18.6. The van der Waals surface area contributed by atoms with Gasteiger partial charge in [0.05, 0.1) is 11.1 Å². The summed E-state index contributed by atoms with van der Waals surface area (Å²) in [5, 5.41) is 6.48. The molecule has 3 nitrogen and oxygen atoms in total. The highest BCUT2D eigenvalue weighted by Crippen LogP contribution is 2.33. The van der Waals surface area contributed by atoms with Gasteiger partial charge in [0.25, 0.3) is 5.91 Å². The molecule has 0 bridgehead atoms. The number of benzene rings is 2. The molecule has 120 valence electrons. The first kappa shape index (κ1) is 17.2. The van der Waals surface area contributed by atoms with E-state index in [4.69, 9.17) is 35.4 Å². The van der Waals surface area contributed by atoms with Crippen LogP contribution in [0.3, 0.4) is 0 Å². The van der Waals surface area contributed by atoms with Crippen LogP contribution in [-0.4, -0.2) is 21.5 Å². The monoisotopic (exact) mass is 392 g/mol. The van der Waals surface area contributed by atoms with Crippen LogP contribution in [0.2, 0.25) is 10.0 Å². The SMILES string of the molecule is O=C1C(=Cc2ccccc2Cl)SC(=S)N1N=Cc1ccccc1Cl. The molecule has 1 aliphatic rings. The standard InChI is InChI=1S/C17H10Cl2N2OS2/c18-13-7-3-1-5-11(13)9-15-16(22)21(17(23)24-15)20-10-12-6-2-4-8-14(12)19/h1-10H. The van der Waals surface area contributed by atoms with Crippen molar-refractivity contribution in [3.63, 3.8) is 0 Å². The number of hydrogen-bond acceptors (Lipinski definition) is 4. The van der Waals surface area contributed by atoms with Crippen molar-refractivity contribution >= 4 is 69.7 Å². The number of carbonyl (C=O) groups is 1. The van der Waals surface area contributed by atoms with Crippen molar-refractivity contribution in [2.75, 3.05) is 0 Å². The van der Waals surface area contributed by atoms with Crippen molar-refractivity contribution in [3.8, 4) is 0 Å². The van der Waals surface area contributed by atoms with E-state index in [0.717, 1.165) is 5.56 Å². The van der Waals surface area contributed by atoms with E-state index in [0.29, 0.717) is 24.8 Å². The fourth-order valence-corrected chi connectivity index (χ4v) is 3.53. The van der Waals surface area contributed by atoms with Gasteiger partial charge in [0.2, 0.25) is 0 Å². The first-order chi connectivity index (χ1) is 11.6. The van der Waals surface area contributed by atoms with Gasteiger partial charge in [-0.1, -0.05) is 71.4 Å². The zero-order chi connectivity index (χ0) is 17.1. The third-order valence-electron chi connectivity index (χ3n) is 3.18. The number of thiocarbonyl (C=S) groups is 1. The summed E-state index contributed by atoms with van der Waals surface area (Å²) in [6.07, 6.45) is 3.23. The summed E-state index contributed by atoms with van der Waals surface area (Å²) in [5.74, 6) is -0.284. The number of carbonyl (C=O) groups excluding carboxylic acids is 1. The molecule has 0 aliphatic carbocycles. The molecule has 0 N–H and O–H groups in total. The molecule has 1 heterocycles. The van der Waals surface area contributed by atoms with Crippen LogP contribution in [0.5, 0.6) is 0 Å². The highest BCUT2D eigenvalue weighted by Gasteiger charge is 2.32. The molecule has 1 fully saturated rings. The Labute approximate surface area is 158 Å². The van der Waals surface area contributed by atoms with Crippen molar-refractivity contribution in [2.24, 2.45) is 5.10 Å². The normalized spacial score (nSPS) is 16.6. The summed E-state index contributed by atoms with van der Waals surface area (Å²) in [4.78, 5) is 13.0. The Balaban J connectivity index is 1.85. The fourth-order valence-electron chi connectivity index (χ4n) is 1.99. The van der Waals surface area contributed by atoms with Crippen molar-refractivity contribution in [1.29, 1.82) is 0 Å². The van der Waals surface area contributed by atoms with Gasteiger partial charge in [0.1, 0.15) is 0 Å². The van der Waals surface area contributed by atoms with Crippen molar-refractivity contribution in [3.05, 3.63) is 74.6 Å². The van der Waals surface area contributed by atoms with Gasteiger partial charge in [0, 0.05) is 15.6 Å². The Morgan fingerprint density at radius 1 is 1.00 bits per heavy atom. The van der Waals surface area contributed by atoms with Crippen LogP contribution in [0.25, 0.3) is 6.08 Å². The lowest BCUT2D eigenvalue weighted by Gasteiger charge is -2.06. The summed E-state index contributed by atoms with van der Waals surface area (Å²) in [6.45, 7) is 0. The molecule has 0 spiro atoms. The van der Waals surface area contributed by atoms with Gasteiger partial charge in [-0.3, -0.25) is 4.79 Å². The topological polar surface area (TPSA) is 32.7 Å². The third kappa shape index (κ3) is 3.70. The Bertz CT molecular complexity index is 880. The highest BCUT2D eigenvalue weighted by molar-refractivity contribution is 8.26. The number of amides is 1. The molecular weight excluding hydrogens is 383 g/mol. The molecule has 0 saturated carbocycles. The lowest BCUT2D eigenvalue weighted by atomic mass is 10.2. The average molecular weight is 393 g/mol. The predicted octanol–water partition coefficient (Wildman–Crippen LogP) is 5.23. The second-order valence-electron chi connectivity index (χ2n) is 4.78. The molecule has 2 aromatic rings. The molecule has 0 atom stereocenters. The Hall–Kier alpha value is -1.66. The summed E-state index contributed by atoms with van der Waals surface area (Å²) in [5.41, 5.74) is 1.47. The van der Waals surface area contributed by atoms with Gasteiger partial charge in [-0.15, -0.1) is 0 Å². The number of halogens is 2. The third-order valence-corrected chi connectivity index (χ3v) is 5.15. The Morgan fingerprint density at radius 3 is 2.21 bits per heavy atom. The maximum atomic E-state index is 12.5. The number of rotatable bonds is 3. The second-order valence-corrected chi connectivity index (χ2v) is 7.27. The van der Waals surface area contributed by atoms with Gasteiger partial charge in [-0.2, -0.15) is 10.1 Å². The molecule has 2 aromatic carbocycles. The van der Waals surface area contributed by atoms with E-state index in [1.165, 1.54) is 23.0 Å². The Morgan fingerprint density at radius 2 is 1.58 bits per heavy atom. The molecule has 7 heteroatoms. The van der Waals surface area contributed by atoms with E-state index in [1.807, 2.05) is 36.4 Å². The van der Waals surface area contributed by atoms with Gasteiger partial charge >= 0.3 is 0 Å².